The molecular formula is C15H19BFNO2S. The van der Waals surface area contributed by atoms with Crippen molar-refractivity contribution in [1.29, 1.82) is 0 Å². The molecule has 0 bridgehead atoms. The predicted molar refractivity (Wildman–Crippen MR) is 84.9 cm³/mol. The van der Waals surface area contributed by atoms with Gasteiger partial charge in [0.1, 0.15) is 5.82 Å². The molecule has 0 aliphatic heterocycles. The van der Waals surface area contributed by atoms with E-state index in [2.05, 4.69) is 24.8 Å². The van der Waals surface area contributed by atoms with Crippen molar-refractivity contribution in [3.05, 3.63) is 52.0 Å². The number of hydrogen-bond donors (Lipinski definition) is 2. The standard InChI is InChI=1S/C15H19BFNO2S/c1-11(2)18(10-14-4-3-7-21-14)9-12-5-6-13(17)8-15(12)16(19)20/h3-8,11,19-20H,9-10H2,1-2H3. The van der Waals surface area contributed by atoms with E-state index in [4.69, 9.17) is 0 Å². The van der Waals surface area contributed by atoms with E-state index in [9.17, 15) is 14.4 Å². The summed E-state index contributed by atoms with van der Waals surface area (Å²) in [6.45, 7) is 5.51. The lowest BCUT2D eigenvalue weighted by atomic mass is 9.76. The first-order valence-electron chi connectivity index (χ1n) is 6.88. The van der Waals surface area contributed by atoms with Crippen molar-refractivity contribution >= 4 is 23.9 Å². The molecule has 1 aromatic heterocycles. The second-order valence-electron chi connectivity index (χ2n) is 5.29. The molecule has 3 nitrogen and oxygen atoms in total. The van der Waals surface area contributed by atoms with Gasteiger partial charge in [0.05, 0.1) is 0 Å². The van der Waals surface area contributed by atoms with Crippen LogP contribution < -0.4 is 5.46 Å². The normalized spacial score (nSPS) is 11.4. The molecule has 112 valence electrons. The zero-order chi connectivity index (χ0) is 15.4. The maximum atomic E-state index is 13.3. The average molecular weight is 307 g/mol. The van der Waals surface area contributed by atoms with Crippen molar-refractivity contribution in [2.75, 3.05) is 0 Å². The van der Waals surface area contributed by atoms with E-state index in [1.54, 1.807) is 17.4 Å². The Kier molecular flexibility index (Phi) is 5.53. The van der Waals surface area contributed by atoms with E-state index in [0.717, 1.165) is 12.1 Å². The summed E-state index contributed by atoms with van der Waals surface area (Å²) in [5.41, 5.74) is 0.962. The predicted octanol–water partition coefficient (Wildman–Crippen LogP) is 1.98. The summed E-state index contributed by atoms with van der Waals surface area (Å²) < 4.78 is 13.3. The fourth-order valence-corrected chi connectivity index (χ4v) is 2.92. The molecule has 6 heteroatoms. The van der Waals surface area contributed by atoms with Crippen LogP contribution in [0.5, 0.6) is 0 Å². The van der Waals surface area contributed by atoms with Crippen molar-refractivity contribution in [2.45, 2.75) is 33.0 Å². The molecular weight excluding hydrogens is 288 g/mol. The summed E-state index contributed by atoms with van der Waals surface area (Å²) in [4.78, 5) is 3.46. The molecule has 21 heavy (non-hydrogen) atoms. The van der Waals surface area contributed by atoms with Crippen LogP contribution in [0.4, 0.5) is 4.39 Å². The maximum absolute atomic E-state index is 13.3. The molecule has 0 saturated carbocycles. The summed E-state index contributed by atoms with van der Waals surface area (Å²) in [6, 6.07) is 8.54. The van der Waals surface area contributed by atoms with Gasteiger partial charge in [-0.2, -0.15) is 0 Å². The van der Waals surface area contributed by atoms with Crippen LogP contribution in [0, 0.1) is 5.82 Å². The van der Waals surface area contributed by atoms with Crippen LogP contribution in [0.1, 0.15) is 24.3 Å². The molecule has 0 saturated heterocycles. The second kappa shape index (κ2) is 7.18. The number of rotatable bonds is 6. The van der Waals surface area contributed by atoms with Crippen LogP contribution in [0.3, 0.4) is 0 Å². The first kappa shape index (κ1) is 16.2. The van der Waals surface area contributed by atoms with Crippen molar-refractivity contribution in [1.82, 2.24) is 4.90 Å². The number of nitrogens with zero attached hydrogens (tertiary/aromatic N) is 1. The molecule has 2 rings (SSSR count). The van der Waals surface area contributed by atoms with E-state index in [1.165, 1.54) is 17.0 Å². The van der Waals surface area contributed by atoms with Gasteiger partial charge >= 0.3 is 7.12 Å². The average Bonchev–Trinajstić information content (AvgIpc) is 2.92. The van der Waals surface area contributed by atoms with E-state index in [0.29, 0.717) is 12.6 Å². The summed E-state index contributed by atoms with van der Waals surface area (Å²) in [5, 5.41) is 20.9. The summed E-state index contributed by atoms with van der Waals surface area (Å²) in [7, 11) is -1.66. The van der Waals surface area contributed by atoms with Gasteiger partial charge < -0.3 is 10.0 Å². The van der Waals surface area contributed by atoms with Crippen molar-refractivity contribution in [3.8, 4) is 0 Å². The summed E-state index contributed by atoms with van der Waals surface area (Å²) in [6.07, 6.45) is 0. The molecule has 0 spiro atoms. The lowest BCUT2D eigenvalue weighted by Crippen LogP contribution is -2.37. The Morgan fingerprint density at radius 3 is 2.57 bits per heavy atom. The molecule has 0 unspecified atom stereocenters. The van der Waals surface area contributed by atoms with Gasteiger partial charge in [-0.05, 0) is 48.5 Å². The van der Waals surface area contributed by atoms with Crippen LogP contribution in [-0.4, -0.2) is 28.1 Å². The molecule has 0 aliphatic carbocycles. The smallest absolute Gasteiger partial charge is 0.423 e. The molecule has 0 aliphatic rings. The van der Waals surface area contributed by atoms with Gasteiger partial charge in [-0.25, -0.2) is 4.39 Å². The molecule has 0 amide bonds. The minimum absolute atomic E-state index is 0.229. The number of halogens is 1. The Hall–Kier alpha value is -1.21. The first-order valence-corrected chi connectivity index (χ1v) is 7.76. The number of hydrogen-bond acceptors (Lipinski definition) is 4. The second-order valence-corrected chi connectivity index (χ2v) is 6.33. The largest absolute Gasteiger partial charge is 0.488 e. The molecule has 1 heterocycles. The van der Waals surface area contributed by atoms with E-state index < -0.39 is 12.9 Å². The van der Waals surface area contributed by atoms with Crippen LogP contribution in [0.15, 0.2) is 35.7 Å². The van der Waals surface area contributed by atoms with Crippen LogP contribution in [0.2, 0.25) is 0 Å². The quantitative estimate of drug-likeness (QED) is 0.802. The lowest BCUT2D eigenvalue weighted by molar-refractivity contribution is 0.206. The van der Waals surface area contributed by atoms with Crippen LogP contribution in [0.25, 0.3) is 0 Å². The highest BCUT2D eigenvalue weighted by Gasteiger charge is 2.20. The zero-order valence-corrected chi connectivity index (χ0v) is 13.0. The molecule has 1 aromatic carbocycles. The topological polar surface area (TPSA) is 43.7 Å². The monoisotopic (exact) mass is 307 g/mol. The van der Waals surface area contributed by atoms with Crippen molar-refractivity contribution < 1.29 is 14.4 Å². The van der Waals surface area contributed by atoms with Crippen molar-refractivity contribution in [2.24, 2.45) is 0 Å². The lowest BCUT2D eigenvalue weighted by Gasteiger charge is -2.27. The summed E-state index contributed by atoms with van der Waals surface area (Å²) in [5.74, 6) is -0.462. The molecule has 0 radical (unpaired) electrons. The fraction of sp³-hybridized carbons (Fsp3) is 0.333. The minimum atomic E-state index is -1.66. The van der Waals surface area contributed by atoms with E-state index in [1.807, 2.05) is 11.4 Å². The highest BCUT2D eigenvalue weighted by molar-refractivity contribution is 7.09. The Balaban J connectivity index is 2.20. The van der Waals surface area contributed by atoms with Gasteiger partial charge in [-0.1, -0.05) is 12.1 Å². The van der Waals surface area contributed by atoms with Crippen LogP contribution >= 0.6 is 11.3 Å². The van der Waals surface area contributed by atoms with Gasteiger partial charge in [-0.3, -0.25) is 4.90 Å². The highest BCUT2D eigenvalue weighted by atomic mass is 32.1. The van der Waals surface area contributed by atoms with Crippen molar-refractivity contribution in [3.63, 3.8) is 0 Å². The Morgan fingerprint density at radius 2 is 2.00 bits per heavy atom. The third-order valence-electron chi connectivity index (χ3n) is 3.43. The maximum Gasteiger partial charge on any atom is 0.488 e. The highest BCUT2D eigenvalue weighted by Crippen LogP contribution is 2.16. The summed E-state index contributed by atoms with van der Waals surface area (Å²) >= 11 is 1.69. The SMILES string of the molecule is CC(C)N(Cc1cccs1)Cc1ccc(F)cc1B(O)O. The van der Waals surface area contributed by atoms with E-state index in [-0.39, 0.29) is 5.46 Å². The Labute approximate surface area is 128 Å². The van der Waals surface area contributed by atoms with Gasteiger partial charge in [0.2, 0.25) is 0 Å². The molecule has 0 atom stereocenters. The van der Waals surface area contributed by atoms with Gasteiger partial charge in [0.25, 0.3) is 0 Å². The Bertz CT molecular complexity index is 575. The van der Waals surface area contributed by atoms with Gasteiger partial charge in [-0.15, -0.1) is 11.3 Å². The van der Waals surface area contributed by atoms with Crippen LogP contribution in [-0.2, 0) is 13.1 Å². The van der Waals surface area contributed by atoms with Gasteiger partial charge in [0, 0.05) is 24.0 Å². The minimum Gasteiger partial charge on any atom is -0.423 e. The molecule has 2 N–H and O–H groups in total. The number of thiophene rings is 1. The van der Waals surface area contributed by atoms with E-state index >= 15 is 0 Å². The third-order valence-corrected chi connectivity index (χ3v) is 4.29. The fourth-order valence-electron chi connectivity index (χ4n) is 2.19. The first-order chi connectivity index (χ1) is 9.97. The van der Waals surface area contributed by atoms with Gasteiger partial charge in [0.15, 0.2) is 0 Å². The Morgan fingerprint density at radius 1 is 1.24 bits per heavy atom. The zero-order valence-electron chi connectivity index (χ0n) is 12.2. The third kappa shape index (κ3) is 4.38. The number of benzene rings is 1. The molecule has 0 fully saturated rings. The molecule has 2 aromatic rings.